The molecule has 0 aliphatic carbocycles. The Hall–Kier alpha value is -1.57. The number of hydrogen-bond acceptors (Lipinski definition) is 1. The molecule has 0 aliphatic heterocycles. The van der Waals surface area contributed by atoms with E-state index in [1.165, 1.54) is 16.8 Å². The van der Waals surface area contributed by atoms with Crippen LogP contribution in [0.5, 0.6) is 0 Å². The highest BCUT2D eigenvalue weighted by molar-refractivity contribution is 5.40. The molecule has 0 bridgehead atoms. The molecule has 0 spiro atoms. The Labute approximate surface area is 97.0 Å². The zero-order valence-corrected chi connectivity index (χ0v) is 10.2. The fourth-order valence-corrected chi connectivity index (χ4v) is 1.85. The van der Waals surface area contributed by atoms with Gasteiger partial charge in [-0.3, -0.25) is 0 Å². The van der Waals surface area contributed by atoms with Crippen LogP contribution in [0.15, 0.2) is 30.6 Å². The van der Waals surface area contributed by atoms with Crippen LogP contribution in [0.1, 0.15) is 30.3 Å². The maximum Gasteiger partial charge on any atom is 0.113 e. The molecule has 1 aromatic carbocycles. The second-order valence-electron chi connectivity index (χ2n) is 4.23. The van der Waals surface area contributed by atoms with Crippen molar-refractivity contribution in [2.24, 2.45) is 0 Å². The van der Waals surface area contributed by atoms with E-state index in [1.807, 2.05) is 12.4 Å². The van der Waals surface area contributed by atoms with Gasteiger partial charge in [0.15, 0.2) is 0 Å². The molecule has 0 saturated carbocycles. The Bertz CT molecular complexity index is 483. The van der Waals surface area contributed by atoms with Crippen molar-refractivity contribution in [3.8, 4) is 5.69 Å². The van der Waals surface area contributed by atoms with Crippen LogP contribution in [0.25, 0.3) is 5.69 Å². The standard InChI is InChI=1S/C14H18N2/c1-4-5-14-15-8-9-16(14)13-7-6-11(2)12(3)10-13/h6-10H,4-5H2,1-3H3. The lowest BCUT2D eigenvalue weighted by atomic mass is 10.1. The summed E-state index contributed by atoms with van der Waals surface area (Å²) in [5, 5.41) is 0. The summed E-state index contributed by atoms with van der Waals surface area (Å²) in [5.41, 5.74) is 3.87. The van der Waals surface area contributed by atoms with Gasteiger partial charge < -0.3 is 4.57 Å². The fourth-order valence-electron chi connectivity index (χ4n) is 1.85. The maximum absolute atomic E-state index is 4.40. The summed E-state index contributed by atoms with van der Waals surface area (Å²) in [6.07, 6.45) is 6.07. The third-order valence-electron chi connectivity index (χ3n) is 2.96. The molecule has 0 N–H and O–H groups in total. The Morgan fingerprint density at radius 2 is 2.00 bits per heavy atom. The summed E-state index contributed by atoms with van der Waals surface area (Å²) in [6.45, 7) is 6.47. The fraction of sp³-hybridized carbons (Fsp3) is 0.357. The van der Waals surface area contributed by atoms with Crippen molar-refractivity contribution in [2.45, 2.75) is 33.6 Å². The highest BCUT2D eigenvalue weighted by Crippen LogP contribution is 2.16. The number of imidazole rings is 1. The van der Waals surface area contributed by atoms with Crippen molar-refractivity contribution >= 4 is 0 Å². The van der Waals surface area contributed by atoms with Gasteiger partial charge in [0, 0.05) is 24.5 Å². The normalized spacial score (nSPS) is 10.7. The predicted octanol–water partition coefficient (Wildman–Crippen LogP) is 3.44. The first-order valence-electron chi connectivity index (χ1n) is 5.82. The van der Waals surface area contributed by atoms with E-state index in [4.69, 9.17) is 0 Å². The molecule has 1 heterocycles. The number of aryl methyl sites for hydroxylation is 3. The number of benzene rings is 1. The molecule has 2 rings (SSSR count). The lowest BCUT2D eigenvalue weighted by Crippen LogP contribution is -2.00. The predicted molar refractivity (Wildman–Crippen MR) is 67.0 cm³/mol. The molecule has 0 radical (unpaired) electrons. The van der Waals surface area contributed by atoms with E-state index >= 15 is 0 Å². The average Bonchev–Trinajstić information content (AvgIpc) is 2.71. The summed E-state index contributed by atoms with van der Waals surface area (Å²) >= 11 is 0. The van der Waals surface area contributed by atoms with Crippen molar-refractivity contribution in [1.82, 2.24) is 9.55 Å². The third-order valence-corrected chi connectivity index (χ3v) is 2.96. The average molecular weight is 214 g/mol. The van der Waals surface area contributed by atoms with Crippen LogP contribution in [0, 0.1) is 13.8 Å². The van der Waals surface area contributed by atoms with Gasteiger partial charge >= 0.3 is 0 Å². The van der Waals surface area contributed by atoms with Crippen LogP contribution >= 0.6 is 0 Å². The smallest absolute Gasteiger partial charge is 0.113 e. The minimum Gasteiger partial charge on any atom is -0.304 e. The molecular weight excluding hydrogens is 196 g/mol. The van der Waals surface area contributed by atoms with Gasteiger partial charge in [-0.1, -0.05) is 13.0 Å². The minimum atomic E-state index is 1.03. The van der Waals surface area contributed by atoms with Crippen LogP contribution in [-0.4, -0.2) is 9.55 Å². The van der Waals surface area contributed by atoms with Crippen molar-refractivity contribution in [1.29, 1.82) is 0 Å². The van der Waals surface area contributed by atoms with E-state index in [2.05, 4.69) is 48.5 Å². The molecule has 0 unspecified atom stereocenters. The number of nitrogens with zero attached hydrogens (tertiary/aromatic N) is 2. The molecule has 0 aliphatic rings. The van der Waals surface area contributed by atoms with Crippen molar-refractivity contribution in [3.63, 3.8) is 0 Å². The molecule has 0 fully saturated rings. The third kappa shape index (κ3) is 2.01. The molecule has 1 aromatic heterocycles. The Morgan fingerprint density at radius 3 is 2.69 bits per heavy atom. The number of aromatic nitrogens is 2. The van der Waals surface area contributed by atoms with Gasteiger partial charge in [0.05, 0.1) is 0 Å². The molecule has 0 atom stereocenters. The van der Waals surface area contributed by atoms with Gasteiger partial charge in [-0.05, 0) is 43.5 Å². The van der Waals surface area contributed by atoms with E-state index in [0.29, 0.717) is 0 Å². The zero-order chi connectivity index (χ0) is 11.5. The first-order chi connectivity index (χ1) is 7.72. The van der Waals surface area contributed by atoms with Crippen molar-refractivity contribution < 1.29 is 0 Å². The summed E-state index contributed by atoms with van der Waals surface area (Å²) in [6, 6.07) is 6.54. The van der Waals surface area contributed by atoms with Crippen LogP contribution in [0.4, 0.5) is 0 Å². The van der Waals surface area contributed by atoms with Gasteiger partial charge in [-0.2, -0.15) is 0 Å². The van der Waals surface area contributed by atoms with Crippen molar-refractivity contribution in [2.75, 3.05) is 0 Å². The lowest BCUT2D eigenvalue weighted by Gasteiger charge is -2.09. The zero-order valence-electron chi connectivity index (χ0n) is 10.2. The second-order valence-corrected chi connectivity index (χ2v) is 4.23. The molecule has 84 valence electrons. The molecule has 2 nitrogen and oxygen atoms in total. The Kier molecular flexibility index (Phi) is 3.09. The molecular formula is C14H18N2. The SMILES string of the molecule is CCCc1nccn1-c1ccc(C)c(C)c1. The summed E-state index contributed by atoms with van der Waals surface area (Å²) in [4.78, 5) is 4.40. The summed E-state index contributed by atoms with van der Waals surface area (Å²) < 4.78 is 2.18. The van der Waals surface area contributed by atoms with E-state index in [9.17, 15) is 0 Å². The largest absolute Gasteiger partial charge is 0.304 e. The van der Waals surface area contributed by atoms with Gasteiger partial charge in [0.1, 0.15) is 5.82 Å². The topological polar surface area (TPSA) is 17.8 Å². The minimum absolute atomic E-state index is 1.03. The monoisotopic (exact) mass is 214 g/mol. The summed E-state index contributed by atoms with van der Waals surface area (Å²) in [7, 11) is 0. The molecule has 16 heavy (non-hydrogen) atoms. The van der Waals surface area contributed by atoms with Crippen LogP contribution in [0.3, 0.4) is 0 Å². The molecule has 0 saturated heterocycles. The number of hydrogen-bond donors (Lipinski definition) is 0. The van der Waals surface area contributed by atoms with E-state index in [0.717, 1.165) is 18.7 Å². The maximum atomic E-state index is 4.40. The first-order valence-corrected chi connectivity index (χ1v) is 5.82. The summed E-state index contributed by atoms with van der Waals surface area (Å²) in [5.74, 6) is 1.14. The highest BCUT2D eigenvalue weighted by Gasteiger charge is 2.04. The second kappa shape index (κ2) is 4.52. The van der Waals surface area contributed by atoms with Gasteiger partial charge in [0.2, 0.25) is 0 Å². The van der Waals surface area contributed by atoms with Gasteiger partial charge in [-0.25, -0.2) is 4.98 Å². The highest BCUT2D eigenvalue weighted by atomic mass is 15.1. The molecule has 2 heteroatoms. The Balaban J connectivity index is 2.42. The lowest BCUT2D eigenvalue weighted by molar-refractivity contribution is 0.809. The molecule has 0 amide bonds. The van der Waals surface area contributed by atoms with E-state index in [1.54, 1.807) is 0 Å². The molecule has 2 aromatic rings. The quantitative estimate of drug-likeness (QED) is 0.765. The van der Waals surface area contributed by atoms with E-state index in [-0.39, 0.29) is 0 Å². The van der Waals surface area contributed by atoms with Gasteiger partial charge in [-0.15, -0.1) is 0 Å². The van der Waals surface area contributed by atoms with Crippen LogP contribution < -0.4 is 0 Å². The van der Waals surface area contributed by atoms with Crippen molar-refractivity contribution in [3.05, 3.63) is 47.5 Å². The Morgan fingerprint density at radius 1 is 1.19 bits per heavy atom. The number of rotatable bonds is 3. The van der Waals surface area contributed by atoms with E-state index < -0.39 is 0 Å². The first kappa shape index (κ1) is 10.9. The van der Waals surface area contributed by atoms with Crippen LogP contribution in [0.2, 0.25) is 0 Å². The van der Waals surface area contributed by atoms with Gasteiger partial charge in [0.25, 0.3) is 0 Å². The van der Waals surface area contributed by atoms with Crippen LogP contribution in [-0.2, 0) is 6.42 Å².